The molecule has 11 heavy (non-hydrogen) atoms. The van der Waals surface area contributed by atoms with Crippen molar-refractivity contribution in [3.8, 4) is 5.75 Å². The zero-order chi connectivity index (χ0) is 8.27. The monoisotopic (exact) mass is 152 g/mol. The van der Waals surface area contributed by atoms with E-state index in [1.165, 1.54) is 0 Å². The van der Waals surface area contributed by atoms with Gasteiger partial charge in [0, 0.05) is 0 Å². The molecule has 1 aromatic rings. The van der Waals surface area contributed by atoms with Crippen LogP contribution < -0.4 is 4.74 Å². The van der Waals surface area contributed by atoms with E-state index in [0.717, 1.165) is 11.3 Å². The van der Waals surface area contributed by atoms with Crippen LogP contribution in [-0.2, 0) is 0 Å². The normalized spacial score (nSPS) is 12.6. The fourth-order valence-electron chi connectivity index (χ4n) is 0.882. The van der Waals surface area contributed by atoms with E-state index in [4.69, 9.17) is 9.84 Å². The first-order chi connectivity index (χ1) is 5.24. The van der Waals surface area contributed by atoms with Gasteiger partial charge in [-0.05, 0) is 24.6 Å². The molecule has 0 aromatic heterocycles. The average Bonchev–Trinajstić information content (AvgIpc) is 2.05. The summed E-state index contributed by atoms with van der Waals surface area (Å²) in [4.78, 5) is 0. The Labute approximate surface area is 66.4 Å². The van der Waals surface area contributed by atoms with Crippen LogP contribution in [0, 0.1) is 0 Å². The zero-order valence-corrected chi connectivity index (χ0v) is 6.74. The van der Waals surface area contributed by atoms with Crippen LogP contribution in [0.4, 0.5) is 0 Å². The summed E-state index contributed by atoms with van der Waals surface area (Å²) in [5, 5.41) is 9.15. The molecule has 2 heteroatoms. The second-order valence-corrected chi connectivity index (χ2v) is 2.45. The van der Waals surface area contributed by atoms with Gasteiger partial charge < -0.3 is 9.84 Å². The number of rotatable bonds is 2. The van der Waals surface area contributed by atoms with E-state index in [2.05, 4.69) is 0 Å². The summed E-state index contributed by atoms with van der Waals surface area (Å²) in [5.74, 6) is 0.814. The minimum Gasteiger partial charge on any atom is -0.497 e. The van der Waals surface area contributed by atoms with E-state index in [1.54, 1.807) is 14.0 Å². The standard InChI is InChI=1S/C9H12O2/c1-7(10)8-3-5-9(11-2)6-4-8/h3-7,10H,1-2H3/t7-/m1/s1. The molecular weight excluding hydrogens is 140 g/mol. The molecule has 0 unspecified atom stereocenters. The Balaban J connectivity index is 2.83. The molecule has 1 aromatic carbocycles. The lowest BCUT2D eigenvalue weighted by molar-refractivity contribution is 0.199. The van der Waals surface area contributed by atoms with Crippen molar-refractivity contribution < 1.29 is 9.84 Å². The number of benzene rings is 1. The Morgan fingerprint density at radius 2 is 1.82 bits per heavy atom. The Bertz CT molecular complexity index is 214. The molecule has 0 saturated heterocycles. The second kappa shape index (κ2) is 3.39. The van der Waals surface area contributed by atoms with Crippen molar-refractivity contribution in [2.24, 2.45) is 0 Å². The van der Waals surface area contributed by atoms with Crippen molar-refractivity contribution in [2.75, 3.05) is 7.11 Å². The number of hydrogen-bond acceptors (Lipinski definition) is 2. The predicted octanol–water partition coefficient (Wildman–Crippen LogP) is 1.75. The van der Waals surface area contributed by atoms with Gasteiger partial charge in [0.25, 0.3) is 0 Å². The predicted molar refractivity (Wildman–Crippen MR) is 43.6 cm³/mol. The van der Waals surface area contributed by atoms with Crippen molar-refractivity contribution in [1.29, 1.82) is 0 Å². The molecule has 0 saturated carbocycles. The molecule has 0 aliphatic heterocycles. The molecule has 2 nitrogen and oxygen atoms in total. The minimum atomic E-state index is -0.402. The lowest BCUT2D eigenvalue weighted by atomic mass is 10.1. The van der Waals surface area contributed by atoms with Crippen LogP contribution in [0.3, 0.4) is 0 Å². The van der Waals surface area contributed by atoms with E-state index >= 15 is 0 Å². The highest BCUT2D eigenvalue weighted by atomic mass is 16.5. The van der Waals surface area contributed by atoms with Gasteiger partial charge in [-0.2, -0.15) is 0 Å². The zero-order valence-electron chi connectivity index (χ0n) is 6.74. The maximum absolute atomic E-state index is 9.15. The number of ether oxygens (including phenoxy) is 1. The maximum Gasteiger partial charge on any atom is 0.118 e. The molecule has 0 radical (unpaired) electrons. The van der Waals surface area contributed by atoms with Crippen molar-refractivity contribution in [3.05, 3.63) is 29.8 Å². The Morgan fingerprint density at radius 1 is 1.27 bits per heavy atom. The quantitative estimate of drug-likeness (QED) is 0.699. The summed E-state index contributed by atoms with van der Waals surface area (Å²) in [6.45, 7) is 1.74. The van der Waals surface area contributed by atoms with Crippen LogP contribution in [0.2, 0.25) is 0 Å². The Kier molecular flexibility index (Phi) is 2.49. The van der Waals surface area contributed by atoms with Crippen LogP contribution >= 0.6 is 0 Å². The van der Waals surface area contributed by atoms with Gasteiger partial charge in [0.1, 0.15) is 5.75 Å². The van der Waals surface area contributed by atoms with Gasteiger partial charge in [-0.3, -0.25) is 0 Å². The largest absolute Gasteiger partial charge is 0.497 e. The summed E-state index contributed by atoms with van der Waals surface area (Å²) < 4.78 is 4.97. The summed E-state index contributed by atoms with van der Waals surface area (Å²) >= 11 is 0. The molecule has 0 aliphatic rings. The first-order valence-corrected chi connectivity index (χ1v) is 3.56. The summed E-state index contributed by atoms with van der Waals surface area (Å²) in [6, 6.07) is 7.37. The number of aliphatic hydroxyl groups is 1. The van der Waals surface area contributed by atoms with Crippen LogP contribution in [-0.4, -0.2) is 12.2 Å². The Hall–Kier alpha value is -1.02. The van der Waals surface area contributed by atoms with E-state index in [0.29, 0.717) is 0 Å². The maximum atomic E-state index is 9.15. The molecule has 0 spiro atoms. The topological polar surface area (TPSA) is 29.5 Å². The van der Waals surface area contributed by atoms with Gasteiger partial charge in [-0.1, -0.05) is 12.1 Å². The molecule has 0 amide bonds. The lowest BCUT2D eigenvalue weighted by Crippen LogP contribution is -1.90. The number of methoxy groups -OCH3 is 1. The molecule has 0 heterocycles. The van der Waals surface area contributed by atoms with E-state index < -0.39 is 6.10 Å². The third kappa shape index (κ3) is 1.95. The van der Waals surface area contributed by atoms with Gasteiger partial charge in [0.15, 0.2) is 0 Å². The van der Waals surface area contributed by atoms with E-state index in [9.17, 15) is 0 Å². The van der Waals surface area contributed by atoms with Crippen LogP contribution in [0.1, 0.15) is 18.6 Å². The molecule has 1 N–H and O–H groups in total. The van der Waals surface area contributed by atoms with E-state index in [-0.39, 0.29) is 0 Å². The third-order valence-electron chi connectivity index (χ3n) is 1.60. The number of hydrogen-bond donors (Lipinski definition) is 1. The van der Waals surface area contributed by atoms with E-state index in [1.807, 2.05) is 24.3 Å². The van der Waals surface area contributed by atoms with Crippen molar-refractivity contribution >= 4 is 0 Å². The highest BCUT2D eigenvalue weighted by Gasteiger charge is 1.98. The summed E-state index contributed by atoms with van der Waals surface area (Å²) in [5.41, 5.74) is 0.908. The molecular formula is C9H12O2. The van der Waals surface area contributed by atoms with Crippen LogP contribution in [0.25, 0.3) is 0 Å². The van der Waals surface area contributed by atoms with Gasteiger partial charge in [-0.25, -0.2) is 0 Å². The molecule has 0 aliphatic carbocycles. The molecule has 1 atom stereocenters. The van der Waals surface area contributed by atoms with Gasteiger partial charge >= 0.3 is 0 Å². The molecule has 1 rings (SSSR count). The fraction of sp³-hybridized carbons (Fsp3) is 0.333. The van der Waals surface area contributed by atoms with Crippen molar-refractivity contribution in [2.45, 2.75) is 13.0 Å². The minimum absolute atomic E-state index is 0.402. The average molecular weight is 152 g/mol. The first kappa shape index (κ1) is 8.08. The number of aliphatic hydroxyl groups excluding tert-OH is 1. The molecule has 60 valence electrons. The van der Waals surface area contributed by atoms with Gasteiger partial charge in [0.2, 0.25) is 0 Å². The smallest absolute Gasteiger partial charge is 0.118 e. The molecule has 0 fully saturated rings. The summed E-state index contributed by atoms with van der Waals surface area (Å²) in [7, 11) is 1.62. The van der Waals surface area contributed by atoms with Crippen molar-refractivity contribution in [3.63, 3.8) is 0 Å². The third-order valence-corrected chi connectivity index (χ3v) is 1.60. The van der Waals surface area contributed by atoms with Gasteiger partial charge in [0.05, 0.1) is 13.2 Å². The highest BCUT2D eigenvalue weighted by Crippen LogP contribution is 2.16. The second-order valence-electron chi connectivity index (χ2n) is 2.45. The molecule has 0 bridgehead atoms. The highest BCUT2D eigenvalue weighted by molar-refractivity contribution is 5.27. The first-order valence-electron chi connectivity index (χ1n) is 3.56. The lowest BCUT2D eigenvalue weighted by Gasteiger charge is -2.04. The fourth-order valence-corrected chi connectivity index (χ4v) is 0.882. The van der Waals surface area contributed by atoms with Crippen LogP contribution in [0.15, 0.2) is 24.3 Å². The van der Waals surface area contributed by atoms with Gasteiger partial charge in [-0.15, -0.1) is 0 Å². The Morgan fingerprint density at radius 3 is 2.18 bits per heavy atom. The van der Waals surface area contributed by atoms with Crippen LogP contribution in [0.5, 0.6) is 5.75 Å². The SMILES string of the molecule is COc1ccc([C@@H](C)O)cc1. The summed E-state index contributed by atoms with van der Waals surface area (Å²) in [6.07, 6.45) is -0.402. The van der Waals surface area contributed by atoms with Crippen molar-refractivity contribution in [1.82, 2.24) is 0 Å².